The van der Waals surface area contributed by atoms with Crippen molar-refractivity contribution in [3.05, 3.63) is 77.4 Å². The molecule has 2 amide bonds. The average Bonchev–Trinajstić information content (AvgIpc) is 3.04. The molecule has 1 unspecified atom stereocenters. The zero-order chi connectivity index (χ0) is 32.8. The molecule has 0 aliphatic carbocycles. The molecular formula is C33H43Cl2F3N6O4. The number of halogens is 5. The number of amides is 2. The summed E-state index contributed by atoms with van der Waals surface area (Å²) in [5.74, 6) is -0.157. The smallest absolute Gasteiger partial charge is 0.422 e. The highest BCUT2D eigenvalue weighted by molar-refractivity contribution is 5.85. The number of benzene rings is 2. The molecule has 0 N–H and O–H groups in total. The van der Waals surface area contributed by atoms with E-state index in [0.717, 1.165) is 11.1 Å². The van der Waals surface area contributed by atoms with Crippen LogP contribution < -0.4 is 14.2 Å². The highest BCUT2D eigenvalue weighted by Gasteiger charge is 2.43. The zero-order valence-corrected chi connectivity index (χ0v) is 29.1. The molecule has 15 heteroatoms. The van der Waals surface area contributed by atoms with Crippen LogP contribution in [0.2, 0.25) is 0 Å². The van der Waals surface area contributed by atoms with Crippen LogP contribution >= 0.6 is 24.8 Å². The first-order valence-electron chi connectivity index (χ1n) is 15.4. The van der Waals surface area contributed by atoms with Crippen LogP contribution in [0.3, 0.4) is 0 Å². The Kier molecular flexibility index (Phi) is 14.0. The van der Waals surface area contributed by atoms with E-state index < -0.39 is 12.8 Å². The number of alkyl halides is 3. The van der Waals surface area contributed by atoms with Gasteiger partial charge in [0.2, 0.25) is 11.8 Å². The third kappa shape index (κ3) is 9.34. The van der Waals surface area contributed by atoms with Gasteiger partial charge in [-0.1, -0.05) is 60.7 Å². The zero-order valence-electron chi connectivity index (χ0n) is 27.4. The van der Waals surface area contributed by atoms with Crippen molar-refractivity contribution in [2.75, 3.05) is 67.1 Å². The molecule has 3 heterocycles. The standard InChI is InChI=1S/C33H41F3N6O4.2ClH/c1-5-45-31-37-29(44-4)26(30(38-31)46-22-33(34,35)36)20-40-18-25-19-41(32(43)39(2)3)16-17-42(25)27(21-40)28(23-12-8-6-9-13-23)24-14-10-7-11-15-24;;/h6-15,25,27-28H,5,16-22H2,1-4H3;2*1H/t25-,27?;;/m1../s1. The minimum atomic E-state index is -4.57. The molecule has 0 spiro atoms. The number of carbonyl (C=O) groups is 1. The number of methoxy groups -OCH3 is 1. The maximum absolute atomic E-state index is 13.3. The molecule has 2 aliphatic heterocycles. The first-order chi connectivity index (χ1) is 22.1. The predicted octanol–water partition coefficient (Wildman–Crippen LogP) is 5.35. The molecule has 264 valence electrons. The summed E-state index contributed by atoms with van der Waals surface area (Å²) >= 11 is 0. The van der Waals surface area contributed by atoms with Gasteiger partial charge in [0.15, 0.2) is 6.61 Å². The summed E-state index contributed by atoms with van der Waals surface area (Å²) in [6.45, 7) is 3.52. The van der Waals surface area contributed by atoms with Crippen LogP contribution in [0.1, 0.15) is 29.5 Å². The second-order valence-electron chi connectivity index (χ2n) is 11.7. The predicted molar refractivity (Wildman–Crippen MR) is 181 cm³/mol. The normalized spacial score (nSPS) is 18.3. The Labute approximate surface area is 292 Å². The maximum atomic E-state index is 13.3. The highest BCUT2D eigenvalue weighted by atomic mass is 35.5. The second kappa shape index (κ2) is 17.2. The van der Waals surface area contributed by atoms with Crippen LogP contribution in [0.4, 0.5) is 18.0 Å². The molecule has 0 saturated carbocycles. The van der Waals surface area contributed by atoms with Crippen molar-refractivity contribution in [3.63, 3.8) is 0 Å². The number of rotatable bonds is 10. The lowest BCUT2D eigenvalue weighted by Crippen LogP contribution is -2.67. The van der Waals surface area contributed by atoms with Gasteiger partial charge in [-0.2, -0.15) is 23.1 Å². The Morgan fingerprint density at radius 1 is 0.917 bits per heavy atom. The number of urea groups is 1. The molecule has 0 radical (unpaired) electrons. The first-order valence-corrected chi connectivity index (χ1v) is 15.4. The number of piperazine rings is 2. The Hall–Kier alpha value is -3.52. The number of hydrogen-bond donors (Lipinski definition) is 0. The minimum absolute atomic E-state index is 0. The number of aromatic nitrogens is 2. The summed E-state index contributed by atoms with van der Waals surface area (Å²) in [4.78, 5) is 29.7. The van der Waals surface area contributed by atoms with E-state index >= 15 is 0 Å². The fourth-order valence-electron chi connectivity index (χ4n) is 6.47. The van der Waals surface area contributed by atoms with Gasteiger partial charge in [-0.15, -0.1) is 24.8 Å². The fourth-order valence-corrected chi connectivity index (χ4v) is 6.47. The van der Waals surface area contributed by atoms with Gasteiger partial charge in [-0.25, -0.2) is 4.79 Å². The van der Waals surface area contributed by atoms with Gasteiger partial charge in [0.25, 0.3) is 0 Å². The molecule has 2 aromatic carbocycles. The summed E-state index contributed by atoms with van der Waals surface area (Å²) in [6, 6.07) is 20.4. The summed E-state index contributed by atoms with van der Waals surface area (Å²) in [6.07, 6.45) is -4.57. The molecule has 2 aliphatic rings. The monoisotopic (exact) mass is 714 g/mol. The molecule has 2 fully saturated rings. The van der Waals surface area contributed by atoms with E-state index in [0.29, 0.717) is 38.3 Å². The van der Waals surface area contributed by atoms with Crippen molar-refractivity contribution in [1.29, 1.82) is 0 Å². The molecule has 48 heavy (non-hydrogen) atoms. The molecule has 1 aromatic heterocycles. The van der Waals surface area contributed by atoms with E-state index in [-0.39, 0.29) is 79.8 Å². The van der Waals surface area contributed by atoms with Gasteiger partial charge in [0.05, 0.1) is 19.3 Å². The van der Waals surface area contributed by atoms with Gasteiger partial charge in [0.1, 0.15) is 0 Å². The quantitative estimate of drug-likeness (QED) is 0.278. The van der Waals surface area contributed by atoms with Gasteiger partial charge >= 0.3 is 18.2 Å². The maximum Gasteiger partial charge on any atom is 0.422 e. The van der Waals surface area contributed by atoms with Gasteiger partial charge in [-0.3, -0.25) is 9.80 Å². The number of ether oxygens (including phenoxy) is 3. The number of fused-ring (bicyclic) bond motifs is 1. The fraction of sp³-hybridized carbons (Fsp3) is 0.485. The lowest BCUT2D eigenvalue weighted by molar-refractivity contribution is -0.154. The van der Waals surface area contributed by atoms with Crippen molar-refractivity contribution in [1.82, 2.24) is 29.6 Å². The summed E-state index contributed by atoms with van der Waals surface area (Å²) < 4.78 is 56.1. The molecule has 3 aromatic rings. The van der Waals surface area contributed by atoms with Gasteiger partial charge in [-0.05, 0) is 18.1 Å². The SMILES string of the molecule is CCOc1nc(OC)c(CN2CC(C(c3ccccc3)c3ccccc3)N3CCN(C(=O)N(C)C)C[C@H]3C2)c(OCC(F)(F)F)n1.Cl.Cl. The van der Waals surface area contributed by atoms with Crippen LogP contribution in [-0.2, 0) is 6.54 Å². The Balaban J connectivity index is 0.00000312. The molecule has 10 nitrogen and oxygen atoms in total. The van der Waals surface area contributed by atoms with Crippen molar-refractivity contribution in [2.24, 2.45) is 0 Å². The van der Waals surface area contributed by atoms with Gasteiger partial charge in [0, 0.05) is 71.4 Å². The van der Waals surface area contributed by atoms with Crippen molar-refractivity contribution >= 4 is 30.8 Å². The van der Waals surface area contributed by atoms with E-state index in [4.69, 9.17) is 14.2 Å². The highest BCUT2D eigenvalue weighted by Crippen LogP contribution is 2.38. The van der Waals surface area contributed by atoms with Crippen molar-refractivity contribution < 1.29 is 32.2 Å². The topological polar surface area (TPSA) is 83.5 Å². The van der Waals surface area contributed by atoms with Crippen molar-refractivity contribution in [2.45, 2.75) is 37.6 Å². The third-order valence-corrected chi connectivity index (χ3v) is 8.36. The van der Waals surface area contributed by atoms with Crippen molar-refractivity contribution in [3.8, 4) is 17.8 Å². The number of nitrogens with zero attached hydrogens (tertiary/aromatic N) is 6. The number of hydrogen-bond acceptors (Lipinski definition) is 8. The summed E-state index contributed by atoms with van der Waals surface area (Å²) in [7, 11) is 4.89. The Morgan fingerprint density at radius 3 is 2.06 bits per heavy atom. The first kappa shape index (κ1) is 38.9. The molecule has 5 rings (SSSR count). The molecular weight excluding hydrogens is 672 g/mol. The van der Waals surface area contributed by atoms with E-state index in [9.17, 15) is 18.0 Å². The molecule has 2 atom stereocenters. The lowest BCUT2D eigenvalue weighted by Gasteiger charge is -2.53. The van der Waals surface area contributed by atoms with Crippen LogP contribution in [0.25, 0.3) is 0 Å². The second-order valence-corrected chi connectivity index (χ2v) is 11.7. The van der Waals surface area contributed by atoms with E-state index in [1.807, 2.05) is 41.3 Å². The van der Waals surface area contributed by atoms with E-state index in [2.05, 4.69) is 44.0 Å². The van der Waals surface area contributed by atoms with Crippen LogP contribution in [0.5, 0.6) is 17.8 Å². The van der Waals surface area contributed by atoms with E-state index in [1.54, 1.807) is 25.9 Å². The average molecular weight is 716 g/mol. The Morgan fingerprint density at radius 2 is 1.52 bits per heavy atom. The van der Waals surface area contributed by atoms with Crippen LogP contribution in [0, 0.1) is 0 Å². The largest absolute Gasteiger partial charge is 0.481 e. The van der Waals surface area contributed by atoms with Crippen LogP contribution in [-0.4, -0.2) is 121 Å². The third-order valence-electron chi connectivity index (χ3n) is 8.36. The van der Waals surface area contributed by atoms with Crippen LogP contribution in [0.15, 0.2) is 60.7 Å². The minimum Gasteiger partial charge on any atom is -0.481 e. The number of carbonyl (C=O) groups excluding carboxylic acids is 1. The molecule has 0 bridgehead atoms. The van der Waals surface area contributed by atoms with Gasteiger partial charge < -0.3 is 24.0 Å². The van der Waals surface area contributed by atoms with E-state index in [1.165, 1.54) is 7.11 Å². The molecule has 2 saturated heterocycles. The Bertz CT molecular complexity index is 1420. The summed E-state index contributed by atoms with van der Waals surface area (Å²) in [5.41, 5.74) is 2.61. The lowest BCUT2D eigenvalue weighted by atomic mass is 9.81. The summed E-state index contributed by atoms with van der Waals surface area (Å²) in [5, 5.41) is 0.